The molecule has 1 atom stereocenters. The van der Waals surface area contributed by atoms with E-state index in [4.69, 9.17) is 9.47 Å². The van der Waals surface area contributed by atoms with Crippen LogP contribution in [0.5, 0.6) is 11.5 Å². The van der Waals surface area contributed by atoms with E-state index in [1.54, 1.807) is 19.4 Å². The third-order valence-corrected chi connectivity index (χ3v) is 8.48. The van der Waals surface area contributed by atoms with Crippen LogP contribution in [0.15, 0.2) is 88.6 Å². The number of allylic oxidation sites excluding steroid dienone is 4. The van der Waals surface area contributed by atoms with E-state index in [0.29, 0.717) is 15.4 Å². The second kappa shape index (κ2) is 9.21. The summed E-state index contributed by atoms with van der Waals surface area (Å²) in [5.74, 6) is 2.23. The first kappa shape index (κ1) is 22.2. The van der Waals surface area contributed by atoms with Gasteiger partial charge in [0.1, 0.15) is 21.0 Å². The van der Waals surface area contributed by atoms with Crippen LogP contribution < -0.4 is 14.7 Å². The summed E-state index contributed by atoms with van der Waals surface area (Å²) >= 11 is 0. The number of rotatable bonds is 6. The van der Waals surface area contributed by atoms with Crippen molar-refractivity contribution in [3.63, 3.8) is 0 Å². The van der Waals surface area contributed by atoms with Crippen molar-refractivity contribution in [3.8, 4) is 33.8 Å². The zero-order valence-corrected chi connectivity index (χ0v) is 20.7. The number of hydrogen-bond donors (Lipinski definition) is 0. The summed E-state index contributed by atoms with van der Waals surface area (Å²) in [4.78, 5) is 0. The topological polar surface area (TPSA) is 18.5 Å². The molecule has 32 heavy (non-hydrogen) atoms. The molecule has 3 aromatic rings. The largest absolute Gasteiger partial charge is 0.497 e. The van der Waals surface area contributed by atoms with Crippen molar-refractivity contribution >= 4 is 14.7 Å². The van der Waals surface area contributed by atoms with E-state index in [2.05, 4.69) is 82.3 Å². The Kier molecular flexibility index (Phi) is 6.38. The molecule has 1 unspecified atom stereocenters. The third kappa shape index (κ3) is 4.05. The van der Waals surface area contributed by atoms with E-state index in [0.717, 1.165) is 17.1 Å². The Morgan fingerprint density at radius 2 is 1.31 bits per heavy atom. The van der Waals surface area contributed by atoms with Gasteiger partial charge in [-0.1, -0.05) is 70.9 Å². The lowest BCUT2D eigenvalue weighted by Gasteiger charge is -2.19. The predicted molar refractivity (Wildman–Crippen MR) is 136 cm³/mol. The van der Waals surface area contributed by atoms with Gasteiger partial charge in [-0.25, -0.2) is 0 Å². The molecule has 0 fully saturated rings. The molecule has 3 heteroatoms. The van der Waals surface area contributed by atoms with Crippen LogP contribution in [0.2, 0.25) is 0 Å². The zero-order valence-electron chi connectivity index (χ0n) is 19.7. The lowest BCUT2D eigenvalue weighted by molar-refractivity contribution is 0.415. The first-order chi connectivity index (χ1) is 15.4. The monoisotopic (exact) mass is 438 g/mol. The number of benzene rings is 3. The normalized spacial score (nSPS) is 16.0. The Morgan fingerprint density at radius 3 is 1.91 bits per heavy atom. The fourth-order valence-electron chi connectivity index (χ4n) is 4.49. The molecule has 2 radical (unpaired) electrons. The van der Waals surface area contributed by atoms with Gasteiger partial charge in [0, 0.05) is 0 Å². The Hall–Kier alpha value is -3.04. The number of ether oxygens (including phenoxy) is 2. The summed E-state index contributed by atoms with van der Waals surface area (Å²) < 4.78 is 11.1. The average Bonchev–Trinajstić information content (AvgIpc) is 3.01. The van der Waals surface area contributed by atoms with Gasteiger partial charge in [-0.15, -0.1) is 0 Å². The fourth-order valence-corrected chi connectivity index (χ4v) is 6.17. The molecule has 1 aliphatic carbocycles. The van der Waals surface area contributed by atoms with E-state index in [-0.39, 0.29) is 0 Å². The SMILES string of the molecule is COc1cccc(-c2cccc([Si]C3=C(C)C(C)=C(C)C3C)c2-c2cccc(OC)c2)c1. The second-order valence-electron chi connectivity index (χ2n) is 8.39. The quantitative estimate of drug-likeness (QED) is 0.402. The van der Waals surface area contributed by atoms with Crippen LogP contribution in [0.4, 0.5) is 0 Å². The highest BCUT2D eigenvalue weighted by Gasteiger charge is 2.25. The summed E-state index contributed by atoms with van der Waals surface area (Å²) in [5.41, 5.74) is 9.22. The van der Waals surface area contributed by atoms with Gasteiger partial charge in [0.2, 0.25) is 0 Å². The number of methoxy groups -OCH3 is 2. The minimum atomic E-state index is 0.493. The molecule has 0 heterocycles. The van der Waals surface area contributed by atoms with Crippen LogP contribution in [0.1, 0.15) is 27.7 Å². The molecule has 0 bridgehead atoms. The molecule has 1 aliphatic rings. The molecule has 0 saturated carbocycles. The highest BCUT2D eigenvalue weighted by molar-refractivity contribution is 6.63. The van der Waals surface area contributed by atoms with Gasteiger partial charge in [0.05, 0.1) is 14.2 Å². The molecule has 2 nitrogen and oxygen atoms in total. The summed E-state index contributed by atoms with van der Waals surface area (Å²) in [5, 5.41) is 2.91. The van der Waals surface area contributed by atoms with Crippen molar-refractivity contribution < 1.29 is 9.47 Å². The highest BCUT2D eigenvalue weighted by atomic mass is 28.2. The summed E-state index contributed by atoms with van der Waals surface area (Å²) in [6.45, 7) is 9.15. The molecular formula is C29H30O2Si. The van der Waals surface area contributed by atoms with E-state index >= 15 is 0 Å². The molecule has 0 amide bonds. The first-order valence-corrected chi connectivity index (χ1v) is 12.0. The van der Waals surface area contributed by atoms with Gasteiger partial charge in [0.15, 0.2) is 0 Å². The maximum atomic E-state index is 5.56. The van der Waals surface area contributed by atoms with Crippen molar-refractivity contribution in [1.29, 1.82) is 0 Å². The molecule has 4 rings (SSSR count). The van der Waals surface area contributed by atoms with Gasteiger partial charge >= 0.3 is 0 Å². The zero-order chi connectivity index (χ0) is 22.8. The predicted octanol–water partition coefficient (Wildman–Crippen LogP) is 6.63. The van der Waals surface area contributed by atoms with Crippen molar-refractivity contribution in [1.82, 2.24) is 0 Å². The van der Waals surface area contributed by atoms with Crippen LogP contribution in [0.3, 0.4) is 0 Å². The first-order valence-electron chi connectivity index (χ1n) is 11.0. The number of hydrogen-bond acceptors (Lipinski definition) is 2. The van der Waals surface area contributed by atoms with Crippen molar-refractivity contribution in [3.05, 3.63) is 88.6 Å². The van der Waals surface area contributed by atoms with Gasteiger partial charge < -0.3 is 9.47 Å². The van der Waals surface area contributed by atoms with Gasteiger partial charge in [-0.2, -0.15) is 0 Å². The molecule has 0 saturated heterocycles. The molecule has 0 N–H and O–H groups in total. The van der Waals surface area contributed by atoms with E-state index < -0.39 is 0 Å². The molecule has 0 aliphatic heterocycles. The Labute approximate surface area is 194 Å². The third-order valence-electron chi connectivity index (χ3n) is 6.71. The van der Waals surface area contributed by atoms with Gasteiger partial charge in [-0.05, 0) is 78.8 Å². The van der Waals surface area contributed by atoms with Gasteiger partial charge in [0.25, 0.3) is 0 Å². The fraction of sp³-hybridized carbons (Fsp3) is 0.241. The van der Waals surface area contributed by atoms with Crippen molar-refractivity contribution in [2.24, 2.45) is 5.92 Å². The lowest BCUT2D eigenvalue weighted by Crippen LogP contribution is -2.23. The molecule has 162 valence electrons. The van der Waals surface area contributed by atoms with E-state index in [1.165, 1.54) is 38.6 Å². The van der Waals surface area contributed by atoms with Crippen LogP contribution in [0, 0.1) is 5.92 Å². The van der Waals surface area contributed by atoms with Crippen molar-refractivity contribution in [2.75, 3.05) is 14.2 Å². The van der Waals surface area contributed by atoms with Crippen molar-refractivity contribution in [2.45, 2.75) is 27.7 Å². The van der Waals surface area contributed by atoms with Crippen LogP contribution in [-0.2, 0) is 0 Å². The molecule has 0 spiro atoms. The maximum Gasteiger partial charge on any atom is 0.119 e. The smallest absolute Gasteiger partial charge is 0.119 e. The Balaban J connectivity index is 1.91. The Morgan fingerprint density at radius 1 is 0.719 bits per heavy atom. The second-order valence-corrected chi connectivity index (χ2v) is 9.71. The van der Waals surface area contributed by atoms with Crippen LogP contribution in [-0.4, -0.2) is 23.7 Å². The maximum absolute atomic E-state index is 5.56. The summed E-state index contributed by atoms with van der Waals surface area (Å²) in [6.07, 6.45) is 0. The van der Waals surface area contributed by atoms with Crippen LogP contribution in [0.25, 0.3) is 22.3 Å². The minimum Gasteiger partial charge on any atom is -0.497 e. The minimum absolute atomic E-state index is 0.493. The van der Waals surface area contributed by atoms with Gasteiger partial charge in [-0.3, -0.25) is 0 Å². The highest BCUT2D eigenvalue weighted by Crippen LogP contribution is 2.38. The Bertz CT molecular complexity index is 1220. The molecule has 0 aromatic heterocycles. The standard InChI is InChI=1S/C29H30O2Si/c1-18-19(2)21(4)29(20(18)3)32-27-15-9-14-26(22-10-7-12-24(16-22)30-5)28(27)23-11-8-13-25(17-23)31-6/h7-17,20H,1-6H3. The summed E-state index contributed by atoms with van der Waals surface area (Å²) in [7, 11) is 4.06. The molecular weight excluding hydrogens is 408 g/mol. The average molecular weight is 439 g/mol. The molecule has 3 aromatic carbocycles. The van der Waals surface area contributed by atoms with E-state index in [9.17, 15) is 0 Å². The van der Waals surface area contributed by atoms with E-state index in [1.807, 2.05) is 12.1 Å². The summed E-state index contributed by atoms with van der Waals surface area (Å²) in [6, 6.07) is 23.4. The van der Waals surface area contributed by atoms with Crippen LogP contribution >= 0.6 is 0 Å². The lowest BCUT2D eigenvalue weighted by atomic mass is 9.94.